The molecular weight excluding hydrogens is 242 g/mol. The summed E-state index contributed by atoms with van der Waals surface area (Å²) in [6.45, 7) is 6.25. The van der Waals surface area contributed by atoms with Gasteiger partial charge in [0.2, 0.25) is 0 Å². The van der Waals surface area contributed by atoms with Gasteiger partial charge in [0.05, 0.1) is 0 Å². The van der Waals surface area contributed by atoms with E-state index in [4.69, 9.17) is 0 Å². The molecule has 0 spiro atoms. The minimum Gasteiger partial charge on any atom is -0.334 e. The van der Waals surface area contributed by atoms with Crippen LogP contribution < -0.4 is 10.9 Å². The van der Waals surface area contributed by atoms with E-state index in [1.807, 2.05) is 24.8 Å². The van der Waals surface area contributed by atoms with Crippen molar-refractivity contribution < 1.29 is 4.79 Å². The van der Waals surface area contributed by atoms with Crippen LogP contribution >= 0.6 is 0 Å². The Morgan fingerprint density at radius 1 is 1.37 bits per heavy atom. The lowest BCUT2D eigenvalue weighted by Gasteiger charge is -2.23. The first-order chi connectivity index (χ1) is 9.08. The van der Waals surface area contributed by atoms with Gasteiger partial charge in [0.25, 0.3) is 11.5 Å². The second-order valence-corrected chi connectivity index (χ2v) is 5.61. The van der Waals surface area contributed by atoms with Gasteiger partial charge >= 0.3 is 0 Å². The van der Waals surface area contributed by atoms with Crippen molar-refractivity contribution in [1.29, 1.82) is 0 Å². The summed E-state index contributed by atoms with van der Waals surface area (Å²) < 4.78 is 0. The van der Waals surface area contributed by atoms with Gasteiger partial charge in [0.15, 0.2) is 0 Å². The Bertz CT molecular complexity index is 579. The van der Waals surface area contributed by atoms with Crippen LogP contribution in [0.5, 0.6) is 0 Å². The molecular formula is C14H19N3O2. The number of rotatable bonds is 1. The highest BCUT2D eigenvalue weighted by molar-refractivity contribution is 5.95. The molecule has 2 N–H and O–H groups in total. The number of carbonyl (C=O) groups excluding carboxylic acids is 1. The van der Waals surface area contributed by atoms with Gasteiger partial charge in [-0.15, -0.1) is 0 Å². The molecule has 5 nitrogen and oxygen atoms in total. The highest BCUT2D eigenvalue weighted by Crippen LogP contribution is 2.28. The Labute approximate surface area is 112 Å². The molecule has 0 radical (unpaired) electrons. The Morgan fingerprint density at radius 2 is 2.16 bits per heavy atom. The molecule has 102 valence electrons. The Kier molecular flexibility index (Phi) is 2.93. The van der Waals surface area contributed by atoms with E-state index >= 15 is 0 Å². The van der Waals surface area contributed by atoms with Crippen LogP contribution in [0.4, 0.5) is 0 Å². The van der Waals surface area contributed by atoms with Gasteiger partial charge in [-0.05, 0) is 37.8 Å². The van der Waals surface area contributed by atoms with Crippen molar-refractivity contribution in [2.24, 2.45) is 5.92 Å². The highest BCUT2D eigenvalue weighted by Gasteiger charge is 2.40. The summed E-state index contributed by atoms with van der Waals surface area (Å²) in [6, 6.07) is 2.11. The van der Waals surface area contributed by atoms with E-state index in [2.05, 4.69) is 10.3 Å². The SMILES string of the molecule is Cc1cc(C)c(C(=O)N2CCC3CNCC32)c(=O)[nH]1. The molecule has 3 heterocycles. The van der Waals surface area contributed by atoms with Crippen LogP contribution in [0.15, 0.2) is 10.9 Å². The van der Waals surface area contributed by atoms with Crippen molar-refractivity contribution in [3.8, 4) is 0 Å². The summed E-state index contributed by atoms with van der Waals surface area (Å²) in [7, 11) is 0. The van der Waals surface area contributed by atoms with Crippen molar-refractivity contribution in [3.05, 3.63) is 33.2 Å². The van der Waals surface area contributed by atoms with Crippen molar-refractivity contribution in [2.45, 2.75) is 26.3 Å². The average Bonchev–Trinajstić information content (AvgIpc) is 2.87. The summed E-state index contributed by atoms with van der Waals surface area (Å²) in [6.07, 6.45) is 1.03. The van der Waals surface area contributed by atoms with E-state index in [0.717, 1.165) is 37.3 Å². The predicted octanol–water partition coefficient (Wildman–Crippen LogP) is 0.426. The van der Waals surface area contributed by atoms with Crippen LogP contribution in [-0.4, -0.2) is 41.5 Å². The molecule has 2 fully saturated rings. The van der Waals surface area contributed by atoms with Crippen molar-refractivity contribution >= 4 is 5.91 Å². The van der Waals surface area contributed by atoms with Crippen LogP contribution in [0.25, 0.3) is 0 Å². The molecule has 2 unspecified atom stereocenters. The topological polar surface area (TPSA) is 65.2 Å². The number of nitrogens with one attached hydrogen (secondary N) is 2. The van der Waals surface area contributed by atoms with Gasteiger partial charge in [0, 0.05) is 31.4 Å². The van der Waals surface area contributed by atoms with E-state index < -0.39 is 0 Å². The van der Waals surface area contributed by atoms with Crippen molar-refractivity contribution in [3.63, 3.8) is 0 Å². The van der Waals surface area contributed by atoms with E-state index in [9.17, 15) is 9.59 Å². The molecule has 2 atom stereocenters. The Balaban J connectivity index is 1.95. The number of H-pyrrole nitrogens is 1. The van der Waals surface area contributed by atoms with E-state index in [0.29, 0.717) is 11.5 Å². The van der Waals surface area contributed by atoms with Gasteiger partial charge < -0.3 is 15.2 Å². The minimum absolute atomic E-state index is 0.116. The lowest BCUT2D eigenvalue weighted by Crippen LogP contribution is -2.41. The van der Waals surface area contributed by atoms with Gasteiger partial charge in [-0.25, -0.2) is 0 Å². The van der Waals surface area contributed by atoms with E-state index in [-0.39, 0.29) is 17.5 Å². The zero-order chi connectivity index (χ0) is 13.6. The number of aryl methyl sites for hydroxylation is 2. The van der Waals surface area contributed by atoms with Crippen molar-refractivity contribution in [1.82, 2.24) is 15.2 Å². The molecule has 19 heavy (non-hydrogen) atoms. The molecule has 1 amide bonds. The van der Waals surface area contributed by atoms with Gasteiger partial charge in [0.1, 0.15) is 5.56 Å². The summed E-state index contributed by atoms with van der Waals surface area (Å²) in [5.74, 6) is 0.434. The third-order valence-corrected chi connectivity index (χ3v) is 4.29. The minimum atomic E-state index is -0.267. The monoisotopic (exact) mass is 261 g/mol. The molecule has 0 aromatic carbocycles. The van der Waals surface area contributed by atoms with Gasteiger partial charge in [-0.3, -0.25) is 9.59 Å². The lowest BCUT2D eigenvalue weighted by atomic mass is 10.0. The smallest absolute Gasteiger partial charge is 0.261 e. The third-order valence-electron chi connectivity index (χ3n) is 4.29. The molecule has 3 rings (SSSR count). The fraction of sp³-hybridized carbons (Fsp3) is 0.571. The van der Waals surface area contributed by atoms with Crippen molar-refractivity contribution in [2.75, 3.05) is 19.6 Å². The van der Waals surface area contributed by atoms with E-state index in [1.54, 1.807) is 0 Å². The summed E-state index contributed by atoms with van der Waals surface area (Å²) in [5, 5.41) is 3.32. The number of pyridine rings is 1. The molecule has 1 aromatic rings. The zero-order valence-electron chi connectivity index (χ0n) is 11.3. The molecule has 2 saturated heterocycles. The number of carbonyl (C=O) groups is 1. The first kappa shape index (κ1) is 12.4. The fourth-order valence-electron chi connectivity index (χ4n) is 3.36. The molecule has 0 bridgehead atoms. The second kappa shape index (κ2) is 4.49. The number of likely N-dealkylation sites (tertiary alicyclic amines) is 1. The highest BCUT2D eigenvalue weighted by atomic mass is 16.2. The standard InChI is InChI=1S/C14H19N3O2/c1-8-5-9(2)16-13(18)12(8)14(19)17-4-3-10-6-15-7-11(10)17/h5,10-11,15H,3-4,6-7H2,1-2H3,(H,16,18). The molecule has 2 aliphatic heterocycles. The van der Waals surface area contributed by atoms with Crippen LogP contribution in [0.2, 0.25) is 0 Å². The largest absolute Gasteiger partial charge is 0.334 e. The number of aromatic nitrogens is 1. The number of nitrogens with zero attached hydrogens (tertiary/aromatic N) is 1. The van der Waals surface area contributed by atoms with Crippen LogP contribution in [-0.2, 0) is 0 Å². The normalized spacial score (nSPS) is 25.7. The maximum absolute atomic E-state index is 12.6. The summed E-state index contributed by atoms with van der Waals surface area (Å²) >= 11 is 0. The Hall–Kier alpha value is -1.62. The lowest BCUT2D eigenvalue weighted by molar-refractivity contribution is 0.0734. The summed E-state index contributed by atoms with van der Waals surface area (Å²) in [4.78, 5) is 29.3. The molecule has 5 heteroatoms. The number of amides is 1. The fourth-order valence-corrected chi connectivity index (χ4v) is 3.36. The molecule has 0 saturated carbocycles. The molecule has 2 aliphatic rings. The van der Waals surface area contributed by atoms with Crippen LogP contribution in [0.1, 0.15) is 28.0 Å². The average molecular weight is 261 g/mol. The predicted molar refractivity (Wildman–Crippen MR) is 72.3 cm³/mol. The maximum Gasteiger partial charge on any atom is 0.261 e. The van der Waals surface area contributed by atoms with Gasteiger partial charge in [-0.2, -0.15) is 0 Å². The zero-order valence-corrected chi connectivity index (χ0v) is 11.3. The van der Waals surface area contributed by atoms with E-state index in [1.165, 1.54) is 0 Å². The first-order valence-corrected chi connectivity index (χ1v) is 6.80. The number of hydrogen-bond acceptors (Lipinski definition) is 3. The summed E-state index contributed by atoms with van der Waals surface area (Å²) in [5.41, 5.74) is 1.59. The third kappa shape index (κ3) is 1.98. The van der Waals surface area contributed by atoms with Gasteiger partial charge in [-0.1, -0.05) is 0 Å². The van der Waals surface area contributed by atoms with Crippen LogP contribution in [0, 0.1) is 19.8 Å². The second-order valence-electron chi connectivity index (χ2n) is 5.61. The quantitative estimate of drug-likeness (QED) is 0.770. The Morgan fingerprint density at radius 3 is 2.89 bits per heavy atom. The molecule has 1 aromatic heterocycles. The first-order valence-electron chi connectivity index (χ1n) is 6.80. The number of hydrogen-bond donors (Lipinski definition) is 2. The number of aromatic amines is 1. The van der Waals surface area contributed by atoms with Crippen LogP contribution in [0.3, 0.4) is 0 Å². The maximum atomic E-state index is 12.6. The molecule has 0 aliphatic carbocycles. The number of fused-ring (bicyclic) bond motifs is 1.